The van der Waals surface area contributed by atoms with Gasteiger partial charge in [-0.1, -0.05) is 12.8 Å². The molecule has 0 heterocycles. The number of hydrogen-bond donors (Lipinski definition) is 4. The summed E-state index contributed by atoms with van der Waals surface area (Å²) in [5.41, 5.74) is 6.49. The van der Waals surface area contributed by atoms with Crippen LogP contribution < -0.4 is 15.8 Å². The molecule has 0 saturated heterocycles. The maximum Gasteiger partial charge on any atom is 0.321 e. The molecule has 0 bridgehead atoms. The monoisotopic (exact) mass is 418 g/mol. The summed E-state index contributed by atoms with van der Waals surface area (Å²) in [5, 5.41) is 2.84. The van der Waals surface area contributed by atoms with Gasteiger partial charge in [-0.15, -0.1) is 0 Å². The van der Waals surface area contributed by atoms with Gasteiger partial charge in [0.1, 0.15) is 5.75 Å². The molecule has 1 amide bonds. The second-order valence-electron chi connectivity index (χ2n) is 5.95. The van der Waals surface area contributed by atoms with Crippen LogP contribution in [-0.4, -0.2) is 41.7 Å². The number of aldehydes is 1. The van der Waals surface area contributed by atoms with Gasteiger partial charge >= 0.3 is 6.72 Å². The summed E-state index contributed by atoms with van der Waals surface area (Å²) < 4.78 is 10.2. The molecule has 0 unspecified atom stereocenters. The van der Waals surface area contributed by atoms with Crippen LogP contribution in [0.25, 0.3) is 0 Å². The Morgan fingerprint density at radius 3 is 2.59 bits per heavy atom. The lowest BCUT2D eigenvalue weighted by Gasteiger charge is -2.09. The molecule has 0 aromatic heterocycles. The highest BCUT2D eigenvalue weighted by molar-refractivity contribution is 8.06. The standard InChI is InChI=1S/C17H27N2O6PS/c18-16-12-15(8-7-14(16)13-20)24-10-5-6-17(21)19-9-3-1-2-4-11-25-26(22,23)27/h7-8,12-13H,1-6,9-11,18H2,(H,19,21)(H2,22,23,27). The fourth-order valence-corrected chi connectivity index (χ4v) is 2.84. The molecule has 0 aliphatic heterocycles. The number of unbranched alkanes of at least 4 members (excludes halogenated alkanes) is 3. The van der Waals surface area contributed by atoms with Crippen LogP contribution in [0, 0.1) is 0 Å². The van der Waals surface area contributed by atoms with E-state index in [0.717, 1.165) is 19.3 Å². The van der Waals surface area contributed by atoms with Gasteiger partial charge in [-0.2, -0.15) is 0 Å². The first-order chi connectivity index (χ1) is 12.8. The molecule has 1 aromatic carbocycles. The van der Waals surface area contributed by atoms with Gasteiger partial charge in [-0.3, -0.25) is 9.59 Å². The number of amides is 1. The number of nitrogens with one attached hydrogen (secondary N) is 1. The van der Waals surface area contributed by atoms with Crippen molar-refractivity contribution >= 4 is 36.4 Å². The first kappa shape index (κ1) is 23.5. The number of nitrogens with two attached hydrogens (primary N) is 1. The van der Waals surface area contributed by atoms with E-state index in [1.807, 2.05) is 0 Å². The Morgan fingerprint density at radius 2 is 1.93 bits per heavy atom. The quantitative estimate of drug-likeness (QED) is 0.156. The Hall–Kier alpha value is -1.51. The van der Waals surface area contributed by atoms with Crippen molar-refractivity contribution in [3.8, 4) is 5.75 Å². The van der Waals surface area contributed by atoms with E-state index in [1.165, 1.54) is 0 Å². The highest BCUT2D eigenvalue weighted by atomic mass is 32.5. The molecule has 10 heteroatoms. The fourth-order valence-electron chi connectivity index (χ4n) is 2.25. The van der Waals surface area contributed by atoms with E-state index in [-0.39, 0.29) is 12.5 Å². The molecule has 0 radical (unpaired) electrons. The van der Waals surface area contributed by atoms with E-state index in [9.17, 15) is 9.59 Å². The molecule has 8 nitrogen and oxygen atoms in total. The lowest BCUT2D eigenvalue weighted by Crippen LogP contribution is -2.24. The molecular weight excluding hydrogens is 391 g/mol. The van der Waals surface area contributed by atoms with Crippen LogP contribution in [0.1, 0.15) is 48.9 Å². The number of ether oxygens (including phenoxy) is 1. The zero-order chi connectivity index (χ0) is 20.1. The predicted octanol–water partition coefficient (Wildman–Crippen LogP) is 2.14. The van der Waals surface area contributed by atoms with Crippen LogP contribution in [-0.2, 0) is 21.1 Å². The van der Waals surface area contributed by atoms with E-state index in [4.69, 9.17) is 24.8 Å². The zero-order valence-corrected chi connectivity index (χ0v) is 16.8. The van der Waals surface area contributed by atoms with Gasteiger partial charge in [0.15, 0.2) is 6.29 Å². The number of rotatable bonds is 14. The van der Waals surface area contributed by atoms with E-state index in [0.29, 0.717) is 55.7 Å². The molecule has 0 atom stereocenters. The van der Waals surface area contributed by atoms with Gasteiger partial charge < -0.3 is 30.1 Å². The first-order valence-corrected chi connectivity index (χ1v) is 11.4. The maximum absolute atomic E-state index is 11.7. The Morgan fingerprint density at radius 1 is 1.19 bits per heavy atom. The van der Waals surface area contributed by atoms with Crippen molar-refractivity contribution in [1.29, 1.82) is 0 Å². The van der Waals surface area contributed by atoms with Crippen LogP contribution >= 0.6 is 6.72 Å². The van der Waals surface area contributed by atoms with Crippen LogP contribution in [0.4, 0.5) is 5.69 Å². The minimum absolute atomic E-state index is 0.0287. The molecule has 0 saturated carbocycles. The highest BCUT2D eigenvalue weighted by Crippen LogP contribution is 2.36. The SMILES string of the molecule is Nc1cc(OCCCC(=O)NCCCCCCOP(O)(O)=S)ccc1C=O. The first-order valence-electron chi connectivity index (χ1n) is 8.76. The Bertz CT molecular complexity index is 652. The van der Waals surface area contributed by atoms with E-state index >= 15 is 0 Å². The fraction of sp³-hybridized carbons (Fsp3) is 0.529. The van der Waals surface area contributed by atoms with Crippen molar-refractivity contribution in [1.82, 2.24) is 5.32 Å². The number of benzene rings is 1. The molecule has 152 valence electrons. The molecule has 1 aromatic rings. The normalized spacial score (nSPS) is 11.2. The third-order valence-corrected chi connectivity index (χ3v) is 4.49. The Kier molecular flexibility index (Phi) is 11.2. The zero-order valence-electron chi connectivity index (χ0n) is 15.1. The summed E-state index contributed by atoms with van der Waals surface area (Å²) in [6, 6.07) is 4.86. The van der Waals surface area contributed by atoms with Gasteiger partial charge in [0, 0.05) is 30.3 Å². The topological polar surface area (TPSA) is 131 Å². The number of nitrogen functional groups attached to an aromatic ring is 1. The highest BCUT2D eigenvalue weighted by Gasteiger charge is 2.06. The average Bonchev–Trinajstić information content (AvgIpc) is 2.60. The number of carbonyl (C=O) groups excluding carboxylic acids is 2. The van der Waals surface area contributed by atoms with Gasteiger partial charge in [-0.05, 0) is 43.2 Å². The number of anilines is 1. The molecule has 0 fully saturated rings. The molecular formula is C17H27N2O6PS. The largest absolute Gasteiger partial charge is 0.494 e. The molecule has 0 spiro atoms. The Balaban J connectivity index is 2.01. The van der Waals surface area contributed by atoms with Crippen molar-refractivity contribution in [2.45, 2.75) is 38.5 Å². The van der Waals surface area contributed by atoms with Crippen molar-refractivity contribution in [2.24, 2.45) is 0 Å². The van der Waals surface area contributed by atoms with Gasteiger partial charge in [0.2, 0.25) is 5.91 Å². The lowest BCUT2D eigenvalue weighted by molar-refractivity contribution is -0.121. The molecule has 27 heavy (non-hydrogen) atoms. The van der Waals surface area contributed by atoms with Gasteiger partial charge in [0.25, 0.3) is 0 Å². The van der Waals surface area contributed by atoms with Crippen LogP contribution in [0.2, 0.25) is 0 Å². The summed E-state index contributed by atoms with van der Waals surface area (Å²) in [4.78, 5) is 40.2. The van der Waals surface area contributed by atoms with E-state index < -0.39 is 6.72 Å². The summed E-state index contributed by atoms with van der Waals surface area (Å²) >= 11 is 4.35. The van der Waals surface area contributed by atoms with Crippen LogP contribution in [0.3, 0.4) is 0 Å². The van der Waals surface area contributed by atoms with Crippen LogP contribution in [0.5, 0.6) is 5.75 Å². The summed E-state index contributed by atoms with van der Waals surface area (Å²) in [6.45, 7) is -2.31. The van der Waals surface area contributed by atoms with E-state index in [1.54, 1.807) is 18.2 Å². The number of carbonyl (C=O) groups is 2. The Labute approximate surface area is 164 Å². The number of hydrogen-bond acceptors (Lipinski definition) is 6. The second kappa shape index (κ2) is 12.8. The summed E-state index contributed by atoms with van der Waals surface area (Å²) in [7, 11) is 0. The summed E-state index contributed by atoms with van der Waals surface area (Å²) in [5.74, 6) is 0.541. The third-order valence-electron chi connectivity index (χ3n) is 3.65. The molecule has 0 aliphatic carbocycles. The van der Waals surface area contributed by atoms with Crippen molar-refractivity contribution < 1.29 is 28.6 Å². The second-order valence-corrected chi connectivity index (χ2v) is 8.61. The van der Waals surface area contributed by atoms with Gasteiger partial charge in [-0.25, -0.2) is 0 Å². The predicted molar refractivity (Wildman–Crippen MR) is 107 cm³/mol. The van der Waals surface area contributed by atoms with Crippen molar-refractivity contribution in [3.05, 3.63) is 23.8 Å². The lowest BCUT2D eigenvalue weighted by atomic mass is 10.2. The minimum Gasteiger partial charge on any atom is -0.494 e. The smallest absolute Gasteiger partial charge is 0.321 e. The average molecular weight is 418 g/mol. The maximum atomic E-state index is 11.7. The van der Waals surface area contributed by atoms with Crippen LogP contribution in [0.15, 0.2) is 18.2 Å². The molecule has 5 N–H and O–H groups in total. The van der Waals surface area contributed by atoms with Crippen molar-refractivity contribution in [3.63, 3.8) is 0 Å². The summed E-state index contributed by atoms with van der Waals surface area (Å²) in [6.07, 6.45) is 4.95. The van der Waals surface area contributed by atoms with E-state index in [2.05, 4.69) is 17.1 Å². The molecule has 0 aliphatic rings. The minimum atomic E-state index is -3.53. The third kappa shape index (κ3) is 11.7. The molecule has 1 rings (SSSR count). The van der Waals surface area contributed by atoms with Crippen molar-refractivity contribution in [2.75, 3.05) is 25.5 Å². The van der Waals surface area contributed by atoms with Gasteiger partial charge in [0.05, 0.1) is 13.2 Å².